The van der Waals surface area contributed by atoms with Crippen molar-refractivity contribution in [2.45, 2.75) is 19.5 Å². The van der Waals surface area contributed by atoms with Gasteiger partial charge in [-0.2, -0.15) is 5.10 Å². The van der Waals surface area contributed by atoms with E-state index in [1.165, 1.54) is 5.56 Å². The summed E-state index contributed by atoms with van der Waals surface area (Å²) in [5.74, 6) is 0. The highest BCUT2D eigenvalue weighted by Crippen LogP contribution is 2.11. The van der Waals surface area contributed by atoms with Crippen LogP contribution in [0.4, 0.5) is 0 Å². The molecule has 0 bridgehead atoms. The van der Waals surface area contributed by atoms with Gasteiger partial charge in [0.2, 0.25) is 0 Å². The Labute approximate surface area is 89.5 Å². The molecule has 0 amide bonds. The highest BCUT2D eigenvalue weighted by molar-refractivity contribution is 5.18. The van der Waals surface area contributed by atoms with Crippen molar-refractivity contribution in [2.24, 2.45) is 0 Å². The Bertz CT molecular complexity index is 381. The summed E-state index contributed by atoms with van der Waals surface area (Å²) in [5.41, 5.74) is 2.41. The van der Waals surface area contributed by atoms with E-state index in [1.807, 2.05) is 12.1 Å². The van der Waals surface area contributed by atoms with Gasteiger partial charge in [0.05, 0.1) is 0 Å². The average Bonchev–Trinajstić information content (AvgIpc) is 2.80. The van der Waals surface area contributed by atoms with Gasteiger partial charge in [0.15, 0.2) is 0 Å². The Hall–Kier alpha value is -1.61. The second-order valence-electron chi connectivity index (χ2n) is 3.60. The lowest BCUT2D eigenvalue weighted by molar-refractivity contribution is 0.567. The first-order valence-corrected chi connectivity index (χ1v) is 5.13. The van der Waals surface area contributed by atoms with Crippen LogP contribution in [0.5, 0.6) is 0 Å². The Morgan fingerprint density at radius 3 is 2.73 bits per heavy atom. The lowest BCUT2D eigenvalue weighted by atomic mass is 10.1. The molecule has 2 aromatic rings. The van der Waals surface area contributed by atoms with Crippen LogP contribution in [-0.2, 0) is 6.54 Å². The minimum absolute atomic E-state index is 0.356. The minimum Gasteiger partial charge on any atom is -0.305 e. The third-order valence-corrected chi connectivity index (χ3v) is 2.46. The van der Waals surface area contributed by atoms with Gasteiger partial charge >= 0.3 is 0 Å². The smallest absolute Gasteiger partial charge is 0.0490 e. The minimum atomic E-state index is 0.356. The maximum absolute atomic E-state index is 3.91. The highest BCUT2D eigenvalue weighted by atomic mass is 15.1. The van der Waals surface area contributed by atoms with Gasteiger partial charge < -0.3 is 5.32 Å². The van der Waals surface area contributed by atoms with Crippen molar-refractivity contribution in [2.75, 3.05) is 0 Å². The summed E-state index contributed by atoms with van der Waals surface area (Å²) in [6.45, 7) is 2.97. The number of aromatic nitrogens is 2. The summed E-state index contributed by atoms with van der Waals surface area (Å²) in [4.78, 5) is 0. The van der Waals surface area contributed by atoms with Crippen molar-refractivity contribution < 1.29 is 0 Å². The van der Waals surface area contributed by atoms with Gasteiger partial charge in [-0.25, -0.2) is 0 Å². The zero-order chi connectivity index (χ0) is 10.5. The molecule has 3 nitrogen and oxygen atoms in total. The van der Waals surface area contributed by atoms with Crippen LogP contribution < -0.4 is 5.32 Å². The lowest BCUT2D eigenvalue weighted by Crippen LogP contribution is -2.18. The first kappa shape index (κ1) is 9.93. The molecular formula is C12H15N3. The first-order valence-electron chi connectivity index (χ1n) is 5.13. The van der Waals surface area contributed by atoms with E-state index in [0.717, 1.165) is 12.2 Å². The van der Waals surface area contributed by atoms with Crippen LogP contribution >= 0.6 is 0 Å². The van der Waals surface area contributed by atoms with E-state index in [0.29, 0.717) is 6.04 Å². The zero-order valence-corrected chi connectivity index (χ0v) is 8.77. The molecule has 1 aromatic heterocycles. The molecule has 1 atom stereocenters. The van der Waals surface area contributed by atoms with Gasteiger partial charge in [0.25, 0.3) is 0 Å². The topological polar surface area (TPSA) is 40.7 Å². The van der Waals surface area contributed by atoms with Crippen molar-refractivity contribution in [3.63, 3.8) is 0 Å². The molecule has 0 saturated carbocycles. The van der Waals surface area contributed by atoms with E-state index >= 15 is 0 Å². The maximum atomic E-state index is 3.91. The van der Waals surface area contributed by atoms with E-state index < -0.39 is 0 Å². The van der Waals surface area contributed by atoms with E-state index in [1.54, 1.807) is 6.20 Å². The van der Waals surface area contributed by atoms with Crippen molar-refractivity contribution in [1.29, 1.82) is 0 Å². The van der Waals surface area contributed by atoms with Crippen LogP contribution in [0.1, 0.15) is 24.2 Å². The fraction of sp³-hybridized carbons (Fsp3) is 0.250. The number of hydrogen-bond donors (Lipinski definition) is 2. The third kappa shape index (κ3) is 2.67. The van der Waals surface area contributed by atoms with Crippen LogP contribution in [-0.4, -0.2) is 10.2 Å². The summed E-state index contributed by atoms with van der Waals surface area (Å²) in [6, 6.07) is 12.7. The second-order valence-corrected chi connectivity index (χ2v) is 3.60. The quantitative estimate of drug-likeness (QED) is 0.796. The molecule has 78 valence electrons. The molecule has 2 N–H and O–H groups in total. The molecule has 0 radical (unpaired) electrons. The number of nitrogens with zero attached hydrogens (tertiary/aromatic N) is 1. The number of H-pyrrole nitrogens is 1. The number of nitrogens with one attached hydrogen (secondary N) is 2. The molecule has 0 aliphatic rings. The molecule has 1 heterocycles. The molecular weight excluding hydrogens is 186 g/mol. The predicted octanol–water partition coefficient (Wildman–Crippen LogP) is 2.26. The van der Waals surface area contributed by atoms with Gasteiger partial charge in [0.1, 0.15) is 0 Å². The number of aromatic amines is 1. The van der Waals surface area contributed by atoms with Crippen LogP contribution in [0.3, 0.4) is 0 Å². The number of hydrogen-bond acceptors (Lipinski definition) is 2. The molecule has 2 rings (SSSR count). The van der Waals surface area contributed by atoms with E-state index in [-0.39, 0.29) is 0 Å². The second kappa shape index (κ2) is 4.75. The number of rotatable bonds is 4. The Morgan fingerprint density at radius 1 is 1.27 bits per heavy atom. The number of benzene rings is 1. The predicted molar refractivity (Wildman–Crippen MR) is 60.3 cm³/mol. The van der Waals surface area contributed by atoms with Gasteiger partial charge in [-0.05, 0) is 18.6 Å². The summed E-state index contributed by atoms with van der Waals surface area (Å²) in [7, 11) is 0. The monoisotopic (exact) mass is 201 g/mol. The summed E-state index contributed by atoms with van der Waals surface area (Å²) < 4.78 is 0. The summed E-state index contributed by atoms with van der Waals surface area (Å²) in [6.07, 6.45) is 1.77. The summed E-state index contributed by atoms with van der Waals surface area (Å²) >= 11 is 0. The molecule has 0 aliphatic heterocycles. The van der Waals surface area contributed by atoms with E-state index in [2.05, 4.69) is 46.7 Å². The van der Waals surface area contributed by atoms with Crippen molar-refractivity contribution >= 4 is 0 Å². The normalized spacial score (nSPS) is 12.6. The Morgan fingerprint density at radius 2 is 2.07 bits per heavy atom. The average molecular weight is 201 g/mol. The van der Waals surface area contributed by atoms with Gasteiger partial charge in [-0.15, -0.1) is 0 Å². The fourth-order valence-corrected chi connectivity index (χ4v) is 1.51. The van der Waals surface area contributed by atoms with Crippen molar-refractivity contribution in [3.8, 4) is 0 Å². The molecule has 0 fully saturated rings. The summed E-state index contributed by atoms with van der Waals surface area (Å²) in [5, 5.41) is 10.3. The molecule has 1 unspecified atom stereocenters. The van der Waals surface area contributed by atoms with Crippen LogP contribution in [0.25, 0.3) is 0 Å². The first-order chi connectivity index (χ1) is 7.36. The highest BCUT2D eigenvalue weighted by Gasteiger charge is 2.03. The molecule has 1 aromatic carbocycles. The molecule has 0 spiro atoms. The van der Waals surface area contributed by atoms with Crippen LogP contribution in [0, 0.1) is 0 Å². The van der Waals surface area contributed by atoms with Crippen molar-refractivity contribution in [3.05, 3.63) is 53.9 Å². The third-order valence-electron chi connectivity index (χ3n) is 2.46. The molecule has 0 aliphatic carbocycles. The maximum Gasteiger partial charge on any atom is 0.0490 e. The van der Waals surface area contributed by atoms with Gasteiger partial charge in [-0.1, -0.05) is 30.3 Å². The SMILES string of the molecule is CC(NCc1ccn[nH]1)c1ccccc1. The van der Waals surface area contributed by atoms with Crippen LogP contribution in [0.15, 0.2) is 42.6 Å². The lowest BCUT2D eigenvalue weighted by Gasteiger charge is -2.13. The van der Waals surface area contributed by atoms with Crippen molar-refractivity contribution in [1.82, 2.24) is 15.5 Å². The molecule has 15 heavy (non-hydrogen) atoms. The standard InChI is InChI=1S/C12H15N3/c1-10(11-5-3-2-4-6-11)13-9-12-7-8-14-15-12/h2-8,10,13H,9H2,1H3,(H,14,15). The van der Waals surface area contributed by atoms with E-state index in [4.69, 9.17) is 0 Å². The van der Waals surface area contributed by atoms with Gasteiger partial charge in [0, 0.05) is 24.5 Å². The molecule has 3 heteroatoms. The van der Waals surface area contributed by atoms with Gasteiger partial charge in [-0.3, -0.25) is 5.10 Å². The fourth-order valence-electron chi connectivity index (χ4n) is 1.51. The molecule has 0 saturated heterocycles. The Balaban J connectivity index is 1.90. The van der Waals surface area contributed by atoms with Crippen LogP contribution in [0.2, 0.25) is 0 Å². The zero-order valence-electron chi connectivity index (χ0n) is 8.77. The van der Waals surface area contributed by atoms with E-state index in [9.17, 15) is 0 Å². The largest absolute Gasteiger partial charge is 0.305 e. The Kier molecular flexibility index (Phi) is 3.15.